The zero-order valence-electron chi connectivity index (χ0n) is 9.90. The third kappa shape index (κ3) is 4.03. The molecule has 0 spiro atoms. The predicted octanol–water partition coefficient (Wildman–Crippen LogP) is 2.20. The van der Waals surface area contributed by atoms with E-state index in [4.69, 9.17) is 10.5 Å². The van der Waals surface area contributed by atoms with Crippen molar-refractivity contribution in [3.8, 4) is 0 Å². The summed E-state index contributed by atoms with van der Waals surface area (Å²) >= 11 is 0. The Kier molecular flexibility index (Phi) is 4.99. The van der Waals surface area contributed by atoms with Crippen molar-refractivity contribution in [2.24, 2.45) is 5.73 Å². The molecular formula is C13H19NO2. The molecule has 1 aromatic rings. The van der Waals surface area contributed by atoms with Gasteiger partial charge in [-0.1, -0.05) is 38.1 Å². The van der Waals surface area contributed by atoms with Crippen LogP contribution in [0.1, 0.15) is 37.3 Å². The number of benzene rings is 1. The van der Waals surface area contributed by atoms with E-state index in [0.717, 1.165) is 5.56 Å². The van der Waals surface area contributed by atoms with Gasteiger partial charge in [0.15, 0.2) is 0 Å². The third-order valence-corrected chi connectivity index (χ3v) is 2.39. The van der Waals surface area contributed by atoms with Crippen LogP contribution in [0.5, 0.6) is 0 Å². The fourth-order valence-electron chi connectivity index (χ4n) is 1.35. The Morgan fingerprint density at radius 1 is 1.31 bits per heavy atom. The number of carbonyl (C=O) groups excluding carboxylic acids is 1. The maximum absolute atomic E-state index is 11.1. The van der Waals surface area contributed by atoms with Gasteiger partial charge in [0, 0.05) is 6.54 Å². The van der Waals surface area contributed by atoms with Crippen molar-refractivity contribution in [1.82, 2.24) is 0 Å². The largest absolute Gasteiger partial charge is 0.461 e. The van der Waals surface area contributed by atoms with E-state index in [1.807, 2.05) is 12.1 Å². The highest BCUT2D eigenvalue weighted by Crippen LogP contribution is 2.15. The van der Waals surface area contributed by atoms with Crippen LogP contribution in [0.2, 0.25) is 0 Å². The molecule has 0 aromatic heterocycles. The van der Waals surface area contributed by atoms with Gasteiger partial charge < -0.3 is 10.5 Å². The first-order valence-corrected chi connectivity index (χ1v) is 5.58. The minimum absolute atomic E-state index is 0.240. The van der Waals surface area contributed by atoms with Crippen LogP contribution in [0, 0.1) is 0 Å². The standard InChI is InChI=1S/C13H19NO2/c1-10(2)12-5-3-11(4-6-12)9-16-13(15)7-8-14/h3-6,10H,7-9,14H2,1-2H3. The maximum atomic E-state index is 11.1. The van der Waals surface area contributed by atoms with Crippen molar-refractivity contribution < 1.29 is 9.53 Å². The molecule has 88 valence electrons. The maximum Gasteiger partial charge on any atom is 0.307 e. The Hall–Kier alpha value is -1.35. The van der Waals surface area contributed by atoms with Crippen LogP contribution in [0.3, 0.4) is 0 Å². The van der Waals surface area contributed by atoms with E-state index in [9.17, 15) is 4.79 Å². The van der Waals surface area contributed by atoms with Gasteiger partial charge in [0.2, 0.25) is 0 Å². The minimum Gasteiger partial charge on any atom is -0.461 e. The molecule has 0 aliphatic heterocycles. The van der Waals surface area contributed by atoms with Gasteiger partial charge in [-0.25, -0.2) is 0 Å². The highest BCUT2D eigenvalue weighted by atomic mass is 16.5. The fraction of sp³-hybridized carbons (Fsp3) is 0.462. The SMILES string of the molecule is CC(C)c1ccc(COC(=O)CCN)cc1. The lowest BCUT2D eigenvalue weighted by molar-refractivity contribution is -0.144. The second kappa shape index (κ2) is 6.28. The summed E-state index contributed by atoms with van der Waals surface area (Å²) < 4.78 is 5.05. The molecule has 0 unspecified atom stereocenters. The van der Waals surface area contributed by atoms with Crippen molar-refractivity contribution >= 4 is 5.97 Å². The van der Waals surface area contributed by atoms with Crippen molar-refractivity contribution in [3.05, 3.63) is 35.4 Å². The molecular weight excluding hydrogens is 202 g/mol. The summed E-state index contributed by atoms with van der Waals surface area (Å²) in [6.07, 6.45) is 0.282. The van der Waals surface area contributed by atoms with Gasteiger partial charge in [0.1, 0.15) is 6.61 Å². The molecule has 3 heteroatoms. The highest BCUT2D eigenvalue weighted by molar-refractivity contribution is 5.69. The zero-order valence-corrected chi connectivity index (χ0v) is 9.90. The van der Waals surface area contributed by atoms with Crippen molar-refractivity contribution in [1.29, 1.82) is 0 Å². The zero-order chi connectivity index (χ0) is 12.0. The third-order valence-electron chi connectivity index (χ3n) is 2.39. The van der Waals surface area contributed by atoms with Crippen molar-refractivity contribution in [2.45, 2.75) is 32.8 Å². The van der Waals surface area contributed by atoms with Crippen LogP contribution in [-0.2, 0) is 16.1 Å². The number of rotatable bonds is 5. The van der Waals surface area contributed by atoms with Crippen LogP contribution in [0.15, 0.2) is 24.3 Å². The highest BCUT2D eigenvalue weighted by Gasteiger charge is 2.02. The fourth-order valence-corrected chi connectivity index (χ4v) is 1.35. The molecule has 3 nitrogen and oxygen atoms in total. The molecule has 0 saturated heterocycles. The van der Waals surface area contributed by atoms with Gasteiger partial charge >= 0.3 is 5.97 Å². The van der Waals surface area contributed by atoms with Crippen LogP contribution in [0.25, 0.3) is 0 Å². The molecule has 1 aromatic carbocycles. The van der Waals surface area contributed by atoms with E-state index in [-0.39, 0.29) is 12.4 Å². The van der Waals surface area contributed by atoms with E-state index in [2.05, 4.69) is 26.0 Å². The molecule has 1 rings (SSSR count). The smallest absolute Gasteiger partial charge is 0.307 e. The molecule has 0 aliphatic rings. The number of esters is 1. The van der Waals surface area contributed by atoms with E-state index in [1.165, 1.54) is 5.56 Å². The lowest BCUT2D eigenvalue weighted by atomic mass is 10.0. The summed E-state index contributed by atoms with van der Waals surface area (Å²) in [6.45, 7) is 4.97. The molecule has 16 heavy (non-hydrogen) atoms. The Labute approximate surface area is 96.6 Å². The Morgan fingerprint density at radius 2 is 1.94 bits per heavy atom. The molecule has 0 fully saturated rings. The molecule has 2 N–H and O–H groups in total. The second-order valence-electron chi connectivity index (χ2n) is 4.10. The summed E-state index contributed by atoms with van der Waals surface area (Å²) in [7, 11) is 0. The van der Waals surface area contributed by atoms with Crippen LogP contribution < -0.4 is 5.73 Å². The summed E-state index contributed by atoms with van der Waals surface area (Å²) in [4.78, 5) is 11.1. The van der Waals surface area contributed by atoms with Gasteiger partial charge in [-0.3, -0.25) is 4.79 Å². The molecule has 0 amide bonds. The first-order chi connectivity index (χ1) is 7.63. The first kappa shape index (κ1) is 12.7. The van der Waals surface area contributed by atoms with E-state index >= 15 is 0 Å². The Balaban J connectivity index is 2.46. The van der Waals surface area contributed by atoms with Gasteiger partial charge in [-0.2, -0.15) is 0 Å². The average Bonchev–Trinajstić information content (AvgIpc) is 2.27. The first-order valence-electron chi connectivity index (χ1n) is 5.58. The van der Waals surface area contributed by atoms with Gasteiger partial charge in [0.05, 0.1) is 6.42 Å². The minimum atomic E-state index is -0.240. The molecule has 0 aliphatic carbocycles. The lowest BCUT2D eigenvalue weighted by Crippen LogP contribution is -2.11. The number of nitrogens with two attached hydrogens (primary N) is 1. The summed E-state index contributed by atoms with van der Waals surface area (Å²) in [5.41, 5.74) is 7.55. The van der Waals surface area contributed by atoms with E-state index in [0.29, 0.717) is 19.1 Å². The topological polar surface area (TPSA) is 52.3 Å². The van der Waals surface area contributed by atoms with Crippen LogP contribution >= 0.6 is 0 Å². The predicted molar refractivity (Wildman–Crippen MR) is 64.0 cm³/mol. The number of hydrogen-bond acceptors (Lipinski definition) is 3. The second-order valence-corrected chi connectivity index (χ2v) is 4.10. The van der Waals surface area contributed by atoms with Crippen LogP contribution in [0.4, 0.5) is 0 Å². The van der Waals surface area contributed by atoms with Gasteiger partial charge in [-0.05, 0) is 17.0 Å². The Bertz CT molecular complexity index is 330. The van der Waals surface area contributed by atoms with Crippen molar-refractivity contribution in [3.63, 3.8) is 0 Å². The van der Waals surface area contributed by atoms with E-state index < -0.39 is 0 Å². The molecule has 0 bridgehead atoms. The normalized spacial score (nSPS) is 10.5. The molecule has 0 atom stereocenters. The lowest BCUT2D eigenvalue weighted by Gasteiger charge is -2.07. The van der Waals surface area contributed by atoms with Crippen LogP contribution in [-0.4, -0.2) is 12.5 Å². The van der Waals surface area contributed by atoms with Gasteiger partial charge in [0.25, 0.3) is 0 Å². The molecule has 0 radical (unpaired) electrons. The van der Waals surface area contributed by atoms with Gasteiger partial charge in [-0.15, -0.1) is 0 Å². The Morgan fingerprint density at radius 3 is 2.44 bits per heavy atom. The quantitative estimate of drug-likeness (QED) is 0.775. The average molecular weight is 221 g/mol. The number of ether oxygens (including phenoxy) is 1. The molecule has 0 heterocycles. The number of carbonyl (C=O) groups is 1. The molecule has 0 saturated carbocycles. The number of hydrogen-bond donors (Lipinski definition) is 1. The monoisotopic (exact) mass is 221 g/mol. The summed E-state index contributed by atoms with van der Waals surface area (Å²) in [6, 6.07) is 8.11. The summed E-state index contributed by atoms with van der Waals surface area (Å²) in [5.74, 6) is 0.282. The van der Waals surface area contributed by atoms with Crippen molar-refractivity contribution in [2.75, 3.05) is 6.54 Å². The summed E-state index contributed by atoms with van der Waals surface area (Å²) in [5, 5.41) is 0. The van der Waals surface area contributed by atoms with E-state index in [1.54, 1.807) is 0 Å².